The number of aromatic nitrogens is 2. The Balaban J connectivity index is 1.32. The van der Waals surface area contributed by atoms with Crippen molar-refractivity contribution >= 4 is 5.91 Å². The van der Waals surface area contributed by atoms with Gasteiger partial charge in [-0.3, -0.25) is 4.79 Å². The van der Waals surface area contributed by atoms with E-state index in [4.69, 9.17) is 4.52 Å². The summed E-state index contributed by atoms with van der Waals surface area (Å²) in [7, 11) is 0. The molecule has 0 radical (unpaired) electrons. The highest BCUT2D eigenvalue weighted by atomic mass is 16.5. The molecule has 1 fully saturated rings. The molecule has 2 heterocycles. The lowest BCUT2D eigenvalue weighted by molar-refractivity contribution is -0.132. The second-order valence-corrected chi connectivity index (χ2v) is 7.94. The van der Waals surface area contributed by atoms with E-state index in [1.165, 1.54) is 11.1 Å². The molecule has 0 bridgehead atoms. The number of hydrogen-bond acceptors (Lipinski definition) is 4. The van der Waals surface area contributed by atoms with Crippen molar-refractivity contribution in [1.82, 2.24) is 15.0 Å². The highest BCUT2D eigenvalue weighted by molar-refractivity contribution is 5.77. The normalized spacial score (nSPS) is 20.6. The van der Waals surface area contributed by atoms with Crippen LogP contribution in [0.2, 0.25) is 0 Å². The van der Waals surface area contributed by atoms with E-state index in [-0.39, 0.29) is 11.8 Å². The van der Waals surface area contributed by atoms with Crippen LogP contribution in [-0.2, 0) is 11.2 Å². The van der Waals surface area contributed by atoms with Gasteiger partial charge in [0, 0.05) is 31.3 Å². The van der Waals surface area contributed by atoms with E-state index >= 15 is 0 Å². The number of aryl methyl sites for hydroxylation is 1. The number of nitrogens with zero attached hydrogens (tertiary/aromatic N) is 3. The molecular formula is C21H27N3O2. The van der Waals surface area contributed by atoms with E-state index in [9.17, 15) is 4.79 Å². The molecule has 1 saturated heterocycles. The van der Waals surface area contributed by atoms with E-state index in [2.05, 4.69) is 48.3 Å². The zero-order valence-electron chi connectivity index (χ0n) is 15.6. The fourth-order valence-corrected chi connectivity index (χ4v) is 4.22. The molecule has 1 aliphatic carbocycles. The SMILES string of the molecule is CC(C)c1noc(C2CCN(C(=O)C[C@H]3CCc4ccccc43)CC2)n1. The predicted octanol–water partition coefficient (Wildman–Crippen LogP) is 4.02. The largest absolute Gasteiger partial charge is 0.343 e. The van der Waals surface area contributed by atoms with Gasteiger partial charge in [0.1, 0.15) is 0 Å². The Kier molecular flexibility index (Phi) is 4.79. The molecule has 0 N–H and O–H groups in total. The topological polar surface area (TPSA) is 59.2 Å². The number of likely N-dealkylation sites (tertiary alicyclic amines) is 1. The van der Waals surface area contributed by atoms with Crippen LogP contribution in [0.4, 0.5) is 0 Å². The molecule has 2 aliphatic rings. The van der Waals surface area contributed by atoms with Crippen molar-refractivity contribution in [3.63, 3.8) is 0 Å². The average Bonchev–Trinajstić information content (AvgIpc) is 3.30. The van der Waals surface area contributed by atoms with Crippen LogP contribution in [0.15, 0.2) is 28.8 Å². The molecule has 2 aromatic rings. The third-order valence-corrected chi connectivity index (χ3v) is 5.85. The third-order valence-electron chi connectivity index (χ3n) is 5.85. The molecule has 1 aromatic heterocycles. The van der Waals surface area contributed by atoms with Gasteiger partial charge in [-0.15, -0.1) is 0 Å². The molecule has 26 heavy (non-hydrogen) atoms. The van der Waals surface area contributed by atoms with Gasteiger partial charge in [-0.25, -0.2) is 0 Å². The average molecular weight is 353 g/mol. The minimum atomic E-state index is 0.281. The number of amides is 1. The van der Waals surface area contributed by atoms with Crippen LogP contribution in [-0.4, -0.2) is 34.0 Å². The summed E-state index contributed by atoms with van der Waals surface area (Å²) in [4.78, 5) is 19.3. The second kappa shape index (κ2) is 7.22. The quantitative estimate of drug-likeness (QED) is 0.833. The Morgan fingerprint density at radius 2 is 2.00 bits per heavy atom. The van der Waals surface area contributed by atoms with Crippen LogP contribution in [0.1, 0.15) is 80.1 Å². The van der Waals surface area contributed by atoms with E-state index < -0.39 is 0 Å². The first kappa shape index (κ1) is 17.3. The van der Waals surface area contributed by atoms with E-state index in [1.54, 1.807) is 0 Å². The van der Waals surface area contributed by atoms with Crippen molar-refractivity contribution in [2.24, 2.45) is 0 Å². The van der Waals surface area contributed by atoms with Crippen LogP contribution >= 0.6 is 0 Å². The van der Waals surface area contributed by atoms with Crippen molar-refractivity contribution in [3.05, 3.63) is 47.1 Å². The van der Waals surface area contributed by atoms with E-state index in [0.29, 0.717) is 18.2 Å². The summed E-state index contributed by atoms with van der Waals surface area (Å²) in [6, 6.07) is 8.56. The number of piperidine rings is 1. The fourth-order valence-electron chi connectivity index (χ4n) is 4.22. The van der Waals surface area contributed by atoms with Crippen molar-refractivity contribution in [2.75, 3.05) is 13.1 Å². The second-order valence-electron chi connectivity index (χ2n) is 7.94. The smallest absolute Gasteiger partial charge is 0.229 e. The Labute approximate surface area is 154 Å². The van der Waals surface area contributed by atoms with Crippen LogP contribution < -0.4 is 0 Å². The van der Waals surface area contributed by atoms with Crippen molar-refractivity contribution < 1.29 is 9.32 Å². The summed E-state index contributed by atoms with van der Waals surface area (Å²) >= 11 is 0. The summed E-state index contributed by atoms with van der Waals surface area (Å²) in [5.41, 5.74) is 2.80. The van der Waals surface area contributed by atoms with Crippen LogP contribution in [0, 0.1) is 0 Å². The lowest BCUT2D eigenvalue weighted by Crippen LogP contribution is -2.38. The van der Waals surface area contributed by atoms with Gasteiger partial charge in [-0.2, -0.15) is 4.98 Å². The molecule has 0 saturated carbocycles. The summed E-state index contributed by atoms with van der Waals surface area (Å²) < 4.78 is 5.44. The molecule has 5 heteroatoms. The molecule has 5 nitrogen and oxygen atoms in total. The Hall–Kier alpha value is -2.17. The van der Waals surface area contributed by atoms with E-state index in [0.717, 1.165) is 50.5 Å². The van der Waals surface area contributed by atoms with Gasteiger partial charge in [-0.1, -0.05) is 43.3 Å². The molecular weight excluding hydrogens is 326 g/mol. The molecule has 4 rings (SSSR count). The van der Waals surface area contributed by atoms with Gasteiger partial charge >= 0.3 is 0 Å². The first-order chi connectivity index (χ1) is 12.6. The summed E-state index contributed by atoms with van der Waals surface area (Å²) in [6.45, 7) is 5.71. The zero-order valence-corrected chi connectivity index (χ0v) is 15.6. The molecule has 1 aliphatic heterocycles. The van der Waals surface area contributed by atoms with Crippen molar-refractivity contribution in [2.45, 2.75) is 63.7 Å². The number of benzene rings is 1. The minimum Gasteiger partial charge on any atom is -0.343 e. The maximum absolute atomic E-state index is 12.8. The first-order valence-electron chi connectivity index (χ1n) is 9.81. The van der Waals surface area contributed by atoms with Gasteiger partial charge in [0.2, 0.25) is 11.8 Å². The lowest BCUT2D eigenvalue weighted by Gasteiger charge is -2.31. The number of carbonyl (C=O) groups excluding carboxylic acids is 1. The molecule has 1 amide bonds. The Bertz CT molecular complexity index is 775. The molecule has 1 atom stereocenters. The summed E-state index contributed by atoms with van der Waals surface area (Å²) in [6.07, 6.45) is 4.66. The highest BCUT2D eigenvalue weighted by Gasteiger charge is 2.30. The fraction of sp³-hybridized carbons (Fsp3) is 0.571. The number of rotatable bonds is 4. The Morgan fingerprint density at radius 1 is 1.23 bits per heavy atom. The Morgan fingerprint density at radius 3 is 2.73 bits per heavy atom. The van der Waals surface area contributed by atoms with Gasteiger partial charge in [0.25, 0.3) is 0 Å². The highest BCUT2D eigenvalue weighted by Crippen LogP contribution is 2.36. The summed E-state index contributed by atoms with van der Waals surface area (Å²) in [5.74, 6) is 2.76. The third kappa shape index (κ3) is 3.39. The molecule has 0 spiro atoms. The van der Waals surface area contributed by atoms with Gasteiger partial charge in [0.15, 0.2) is 5.82 Å². The van der Waals surface area contributed by atoms with Crippen LogP contribution in [0.3, 0.4) is 0 Å². The zero-order chi connectivity index (χ0) is 18.1. The molecule has 138 valence electrons. The lowest BCUT2D eigenvalue weighted by atomic mass is 9.94. The van der Waals surface area contributed by atoms with Gasteiger partial charge in [0.05, 0.1) is 0 Å². The van der Waals surface area contributed by atoms with Crippen LogP contribution in [0.5, 0.6) is 0 Å². The van der Waals surface area contributed by atoms with Gasteiger partial charge < -0.3 is 9.42 Å². The van der Waals surface area contributed by atoms with Crippen molar-refractivity contribution in [3.8, 4) is 0 Å². The molecule has 0 unspecified atom stereocenters. The summed E-state index contributed by atoms with van der Waals surface area (Å²) in [5, 5.41) is 4.07. The minimum absolute atomic E-state index is 0.281. The number of carbonyl (C=O) groups is 1. The van der Waals surface area contributed by atoms with Crippen molar-refractivity contribution in [1.29, 1.82) is 0 Å². The standard InChI is InChI=1S/C21H27N3O2/c1-14(2)20-22-21(26-23-20)16-9-11-24(12-10-16)19(25)13-17-8-7-15-5-3-4-6-18(15)17/h3-6,14,16-17H,7-13H2,1-2H3/t17-/m1/s1. The maximum Gasteiger partial charge on any atom is 0.229 e. The number of hydrogen-bond donors (Lipinski definition) is 0. The monoisotopic (exact) mass is 353 g/mol. The molecule has 1 aromatic carbocycles. The van der Waals surface area contributed by atoms with Crippen LogP contribution in [0.25, 0.3) is 0 Å². The predicted molar refractivity (Wildman–Crippen MR) is 99.1 cm³/mol. The number of fused-ring (bicyclic) bond motifs is 1. The first-order valence-corrected chi connectivity index (χ1v) is 9.81. The van der Waals surface area contributed by atoms with E-state index in [1.807, 2.05) is 4.90 Å². The maximum atomic E-state index is 12.8. The van der Waals surface area contributed by atoms with Gasteiger partial charge in [-0.05, 0) is 42.7 Å².